The van der Waals surface area contributed by atoms with Gasteiger partial charge in [-0.25, -0.2) is 9.59 Å². The van der Waals surface area contributed by atoms with E-state index in [0.29, 0.717) is 18.9 Å². The first-order valence-corrected chi connectivity index (χ1v) is 8.36. The average Bonchev–Trinajstić information content (AvgIpc) is 3.09. The highest BCUT2D eigenvalue weighted by molar-refractivity contribution is 5.83. The second-order valence-electron chi connectivity index (χ2n) is 7.12. The van der Waals surface area contributed by atoms with Gasteiger partial charge in [-0.3, -0.25) is 0 Å². The minimum absolute atomic E-state index is 0.157. The molecule has 3 fully saturated rings. The molecule has 5 nitrogen and oxygen atoms in total. The minimum atomic E-state index is -0.877. The Kier molecular flexibility index (Phi) is 4.09. The molecule has 2 saturated carbocycles. The Labute approximate surface area is 126 Å². The number of carboxylic acid groups (broad SMARTS) is 1. The molecule has 0 spiro atoms. The fraction of sp³-hybridized carbons (Fsp3) is 0.875. The second kappa shape index (κ2) is 5.85. The van der Waals surface area contributed by atoms with Gasteiger partial charge in [0.2, 0.25) is 0 Å². The first-order valence-electron chi connectivity index (χ1n) is 8.36. The lowest BCUT2D eigenvalue weighted by Gasteiger charge is -2.35. The van der Waals surface area contributed by atoms with E-state index in [4.69, 9.17) is 0 Å². The van der Waals surface area contributed by atoms with Crippen molar-refractivity contribution >= 4 is 12.0 Å². The molecule has 2 N–H and O–H groups in total. The number of carbonyl (C=O) groups is 2. The van der Waals surface area contributed by atoms with Gasteiger partial charge in [-0.05, 0) is 63.2 Å². The quantitative estimate of drug-likeness (QED) is 0.840. The van der Waals surface area contributed by atoms with Crippen molar-refractivity contribution in [1.29, 1.82) is 0 Å². The van der Waals surface area contributed by atoms with E-state index in [9.17, 15) is 14.7 Å². The van der Waals surface area contributed by atoms with Gasteiger partial charge in [0.15, 0.2) is 0 Å². The van der Waals surface area contributed by atoms with Gasteiger partial charge >= 0.3 is 12.0 Å². The zero-order chi connectivity index (χ0) is 15.0. The fourth-order valence-corrected chi connectivity index (χ4v) is 4.72. The van der Waals surface area contributed by atoms with E-state index >= 15 is 0 Å². The van der Waals surface area contributed by atoms with E-state index < -0.39 is 12.0 Å². The van der Waals surface area contributed by atoms with Gasteiger partial charge in [-0.15, -0.1) is 0 Å². The molecule has 2 aliphatic carbocycles. The molecule has 1 aliphatic heterocycles. The van der Waals surface area contributed by atoms with Crippen molar-refractivity contribution in [3.8, 4) is 0 Å². The van der Waals surface area contributed by atoms with E-state index in [-0.39, 0.29) is 12.1 Å². The highest BCUT2D eigenvalue weighted by Gasteiger charge is 2.42. The third-order valence-corrected chi connectivity index (χ3v) is 5.83. The lowest BCUT2D eigenvalue weighted by molar-refractivity contribution is -0.143. The Morgan fingerprint density at radius 3 is 2.62 bits per heavy atom. The van der Waals surface area contributed by atoms with Crippen LogP contribution in [0.3, 0.4) is 0 Å². The Morgan fingerprint density at radius 1 is 1.19 bits per heavy atom. The molecule has 5 unspecified atom stereocenters. The number of nitrogens with zero attached hydrogens (tertiary/aromatic N) is 1. The number of aliphatic carboxylic acids is 1. The third-order valence-electron chi connectivity index (χ3n) is 5.83. The minimum Gasteiger partial charge on any atom is -0.480 e. The summed E-state index contributed by atoms with van der Waals surface area (Å²) in [5.41, 5.74) is 0. The standard InChI is InChI=1S/C16H26N2O3/c1-10(13-9-11-5-6-12(13)8-11)17-16(21)18-7-3-2-4-14(18)15(19)20/h10-14H,2-9H2,1H3,(H,17,21)(H,19,20). The van der Waals surface area contributed by atoms with E-state index in [1.165, 1.54) is 30.6 Å². The molecule has 2 bridgehead atoms. The van der Waals surface area contributed by atoms with Gasteiger partial charge in [0.1, 0.15) is 6.04 Å². The number of hydrogen-bond acceptors (Lipinski definition) is 2. The zero-order valence-corrected chi connectivity index (χ0v) is 12.8. The number of rotatable bonds is 3. The lowest BCUT2D eigenvalue weighted by Crippen LogP contribution is -2.54. The molecule has 118 valence electrons. The molecule has 2 amide bonds. The van der Waals surface area contributed by atoms with E-state index in [1.54, 1.807) is 0 Å². The maximum atomic E-state index is 12.4. The fourth-order valence-electron chi connectivity index (χ4n) is 4.72. The average molecular weight is 294 g/mol. The molecule has 0 aromatic rings. The van der Waals surface area contributed by atoms with E-state index in [0.717, 1.165) is 24.7 Å². The molecule has 0 aromatic carbocycles. The zero-order valence-electron chi connectivity index (χ0n) is 12.8. The molecule has 3 aliphatic rings. The van der Waals surface area contributed by atoms with Crippen LogP contribution in [0, 0.1) is 17.8 Å². The summed E-state index contributed by atoms with van der Waals surface area (Å²) in [7, 11) is 0. The number of fused-ring (bicyclic) bond motifs is 2. The summed E-state index contributed by atoms with van der Waals surface area (Å²) in [6.45, 7) is 2.65. The molecule has 21 heavy (non-hydrogen) atoms. The number of carbonyl (C=O) groups excluding carboxylic acids is 1. The number of likely N-dealkylation sites (tertiary alicyclic amines) is 1. The summed E-state index contributed by atoms with van der Waals surface area (Å²) in [6, 6.07) is -0.674. The van der Waals surface area contributed by atoms with Crippen molar-refractivity contribution in [2.24, 2.45) is 17.8 Å². The van der Waals surface area contributed by atoms with Gasteiger partial charge < -0.3 is 15.3 Å². The first-order chi connectivity index (χ1) is 10.1. The lowest BCUT2D eigenvalue weighted by atomic mass is 9.84. The van der Waals surface area contributed by atoms with Crippen LogP contribution < -0.4 is 5.32 Å². The molecule has 1 saturated heterocycles. The summed E-state index contributed by atoms with van der Waals surface area (Å²) in [6.07, 6.45) is 7.58. The van der Waals surface area contributed by atoms with Crippen LogP contribution in [0.25, 0.3) is 0 Å². The molecule has 5 atom stereocenters. The van der Waals surface area contributed by atoms with Gasteiger partial charge in [-0.1, -0.05) is 6.42 Å². The SMILES string of the molecule is CC(NC(=O)N1CCCCC1C(=O)O)C1CC2CCC1C2. The number of nitrogens with one attached hydrogen (secondary N) is 1. The molecule has 0 aromatic heterocycles. The van der Waals surface area contributed by atoms with Crippen molar-refractivity contribution in [3.05, 3.63) is 0 Å². The van der Waals surface area contributed by atoms with Crippen LogP contribution in [0.5, 0.6) is 0 Å². The van der Waals surface area contributed by atoms with E-state index in [1.807, 2.05) is 0 Å². The summed E-state index contributed by atoms with van der Waals surface area (Å²) in [5, 5.41) is 12.4. The number of carboxylic acids is 1. The van der Waals surface area contributed by atoms with Crippen LogP contribution >= 0.6 is 0 Å². The van der Waals surface area contributed by atoms with Gasteiger partial charge in [0, 0.05) is 12.6 Å². The van der Waals surface area contributed by atoms with Crippen molar-refractivity contribution in [1.82, 2.24) is 10.2 Å². The number of hydrogen-bond donors (Lipinski definition) is 2. The molecular formula is C16H26N2O3. The van der Waals surface area contributed by atoms with Crippen molar-refractivity contribution in [2.75, 3.05) is 6.54 Å². The van der Waals surface area contributed by atoms with Crippen LogP contribution in [-0.2, 0) is 4.79 Å². The van der Waals surface area contributed by atoms with Gasteiger partial charge in [0.25, 0.3) is 0 Å². The summed E-state index contributed by atoms with van der Waals surface area (Å²) in [4.78, 5) is 25.3. The molecule has 0 radical (unpaired) electrons. The van der Waals surface area contributed by atoms with Crippen LogP contribution in [0.4, 0.5) is 4.79 Å². The normalized spacial score (nSPS) is 36.5. The third kappa shape index (κ3) is 2.87. The van der Waals surface area contributed by atoms with Crippen LogP contribution in [-0.4, -0.2) is 40.6 Å². The number of piperidine rings is 1. The second-order valence-corrected chi connectivity index (χ2v) is 7.12. The largest absolute Gasteiger partial charge is 0.480 e. The Hall–Kier alpha value is -1.26. The first kappa shape index (κ1) is 14.7. The monoisotopic (exact) mass is 294 g/mol. The topological polar surface area (TPSA) is 69.6 Å². The van der Waals surface area contributed by atoms with Gasteiger partial charge in [-0.2, -0.15) is 0 Å². The van der Waals surface area contributed by atoms with Crippen LogP contribution in [0.1, 0.15) is 51.9 Å². The predicted octanol–water partition coefficient (Wildman–Crippen LogP) is 2.46. The summed E-state index contributed by atoms with van der Waals surface area (Å²) >= 11 is 0. The summed E-state index contributed by atoms with van der Waals surface area (Å²) in [5.74, 6) is 1.33. The maximum absolute atomic E-state index is 12.4. The van der Waals surface area contributed by atoms with Gasteiger partial charge in [0.05, 0.1) is 0 Å². The maximum Gasteiger partial charge on any atom is 0.326 e. The van der Waals surface area contributed by atoms with Crippen LogP contribution in [0.15, 0.2) is 0 Å². The smallest absolute Gasteiger partial charge is 0.326 e. The Morgan fingerprint density at radius 2 is 2.00 bits per heavy atom. The highest BCUT2D eigenvalue weighted by Crippen LogP contribution is 2.49. The predicted molar refractivity (Wildman–Crippen MR) is 78.9 cm³/mol. The van der Waals surface area contributed by atoms with Crippen molar-refractivity contribution < 1.29 is 14.7 Å². The Balaban J connectivity index is 1.58. The molecule has 3 rings (SSSR count). The molecular weight excluding hydrogens is 268 g/mol. The molecule has 5 heteroatoms. The number of urea groups is 1. The van der Waals surface area contributed by atoms with Crippen molar-refractivity contribution in [2.45, 2.75) is 64.0 Å². The van der Waals surface area contributed by atoms with Crippen LogP contribution in [0.2, 0.25) is 0 Å². The summed E-state index contributed by atoms with van der Waals surface area (Å²) < 4.78 is 0. The van der Waals surface area contributed by atoms with Crippen molar-refractivity contribution in [3.63, 3.8) is 0 Å². The highest BCUT2D eigenvalue weighted by atomic mass is 16.4. The number of amides is 2. The molecule has 1 heterocycles. The van der Waals surface area contributed by atoms with E-state index in [2.05, 4.69) is 12.2 Å². The Bertz CT molecular complexity index is 426.